The van der Waals surface area contributed by atoms with Crippen LogP contribution in [0.1, 0.15) is 168 Å². The van der Waals surface area contributed by atoms with Gasteiger partial charge in [-0.15, -0.1) is 0 Å². The summed E-state index contributed by atoms with van der Waals surface area (Å²) in [4.78, 5) is 27.5. The molecule has 0 unspecified atom stereocenters. The molecule has 0 aromatic heterocycles. The lowest BCUT2D eigenvalue weighted by molar-refractivity contribution is -0.144. The summed E-state index contributed by atoms with van der Waals surface area (Å²) in [5.41, 5.74) is 0. The van der Waals surface area contributed by atoms with E-state index in [9.17, 15) is 9.59 Å². The van der Waals surface area contributed by atoms with Gasteiger partial charge in [0.15, 0.2) is 0 Å². The van der Waals surface area contributed by atoms with Crippen molar-refractivity contribution in [3.8, 4) is 0 Å². The first-order valence-corrected chi connectivity index (χ1v) is 20.1. The minimum absolute atomic E-state index is 0.00660. The van der Waals surface area contributed by atoms with Crippen LogP contribution in [0.4, 0.5) is 0 Å². The first-order chi connectivity index (χ1) is 23.0. The van der Waals surface area contributed by atoms with Gasteiger partial charge in [-0.05, 0) is 71.6 Å². The molecule has 0 radical (unpaired) electrons. The summed E-state index contributed by atoms with van der Waals surface area (Å²) in [7, 11) is 4.11. The van der Waals surface area contributed by atoms with Gasteiger partial charge in [0.2, 0.25) is 0 Å². The van der Waals surface area contributed by atoms with Crippen molar-refractivity contribution >= 4 is 12.3 Å². The lowest BCUT2D eigenvalue weighted by Gasteiger charge is -2.22. The van der Waals surface area contributed by atoms with Crippen molar-refractivity contribution in [2.75, 3.05) is 73.3 Å². The van der Waals surface area contributed by atoms with Gasteiger partial charge in [-0.2, -0.15) is 0 Å². The highest BCUT2D eigenvalue weighted by Crippen LogP contribution is 2.23. The predicted octanol–water partition coefficient (Wildman–Crippen LogP) is 9.64. The molecule has 0 rings (SSSR count). The summed E-state index contributed by atoms with van der Waals surface area (Å²) in [6.45, 7) is 12.1. The van der Waals surface area contributed by atoms with E-state index in [1.165, 1.54) is 109 Å². The molecular weight excluding hydrogens is 588 g/mol. The molecule has 0 fully saturated rings. The third-order valence-corrected chi connectivity index (χ3v) is 9.21. The van der Waals surface area contributed by atoms with Crippen LogP contribution in [0.2, 0.25) is 0 Å². The van der Waals surface area contributed by atoms with Gasteiger partial charge in [0, 0.05) is 25.9 Å². The fraction of sp³-hybridized carbons (Fsp3) is 0.950. The maximum atomic E-state index is 12.3. The number of hydrogen-bond acceptors (Lipinski definition) is 7. The smallest absolute Gasteiger partial charge is 0.305 e. The second-order valence-corrected chi connectivity index (χ2v) is 14.0. The summed E-state index contributed by atoms with van der Waals surface area (Å²) in [6, 6.07) is 0. The van der Waals surface area contributed by atoms with E-state index in [4.69, 9.17) is 14.2 Å². The molecular formula is C40H80N2O5. The van der Waals surface area contributed by atoms with Gasteiger partial charge in [-0.25, -0.2) is 0 Å². The highest BCUT2D eigenvalue weighted by atomic mass is 16.5. The average molecular weight is 669 g/mol. The Morgan fingerprint density at radius 1 is 0.553 bits per heavy atom. The number of hydrogen-bond donors (Lipinski definition) is 0. The zero-order chi connectivity index (χ0) is 34.5. The fourth-order valence-corrected chi connectivity index (χ4v) is 6.11. The molecule has 0 atom stereocenters. The molecule has 0 aliphatic heterocycles. The first kappa shape index (κ1) is 46.0. The van der Waals surface area contributed by atoms with Crippen molar-refractivity contribution in [3.05, 3.63) is 0 Å². The van der Waals surface area contributed by atoms with E-state index < -0.39 is 0 Å². The van der Waals surface area contributed by atoms with Gasteiger partial charge in [0.05, 0.1) is 33.0 Å². The normalized spacial score (nSPS) is 11.7. The molecule has 0 aliphatic carbocycles. The van der Waals surface area contributed by atoms with Crippen molar-refractivity contribution in [2.45, 2.75) is 168 Å². The Morgan fingerprint density at radius 2 is 1.06 bits per heavy atom. The highest BCUT2D eigenvalue weighted by molar-refractivity contribution is 5.69. The number of rotatable bonds is 39. The molecule has 47 heavy (non-hydrogen) atoms. The highest BCUT2D eigenvalue weighted by Gasteiger charge is 2.10. The van der Waals surface area contributed by atoms with Gasteiger partial charge in [-0.1, -0.05) is 117 Å². The standard InChI is InChI=1S/C40H80N2O5/c1-5-7-9-18-25-39(26-19-10-8-6-2)27-24-34-47-40(44)28-20-14-13-16-22-30-42(29-21-15-11-12-17-23-33-43)32-36-46-38-37-45-35-31-41(3)4/h33,39H,5-32,34-38H2,1-4H3. The van der Waals surface area contributed by atoms with Crippen molar-refractivity contribution in [1.29, 1.82) is 0 Å². The summed E-state index contributed by atoms with van der Waals surface area (Å²) < 4.78 is 17.1. The second kappa shape index (κ2) is 37.8. The molecule has 0 saturated heterocycles. The molecule has 0 saturated carbocycles. The molecule has 0 aliphatic rings. The molecule has 0 amide bonds. The Bertz CT molecular complexity index is 636. The van der Waals surface area contributed by atoms with Gasteiger partial charge in [0.1, 0.15) is 6.29 Å². The lowest BCUT2D eigenvalue weighted by Crippen LogP contribution is -2.30. The molecule has 0 bridgehead atoms. The van der Waals surface area contributed by atoms with Crippen LogP contribution in [0.3, 0.4) is 0 Å². The zero-order valence-electron chi connectivity index (χ0n) is 31.9. The fourth-order valence-electron chi connectivity index (χ4n) is 6.11. The number of likely N-dealkylation sites (N-methyl/N-ethyl adjacent to an activating group) is 1. The number of unbranched alkanes of at least 4 members (excludes halogenated alkanes) is 15. The number of aldehydes is 1. The third-order valence-electron chi connectivity index (χ3n) is 9.21. The Balaban J connectivity index is 4.09. The largest absolute Gasteiger partial charge is 0.466 e. The van der Waals surface area contributed by atoms with Crippen LogP contribution >= 0.6 is 0 Å². The molecule has 0 aromatic rings. The number of carbonyl (C=O) groups excluding carboxylic acids is 2. The first-order valence-electron chi connectivity index (χ1n) is 20.1. The van der Waals surface area contributed by atoms with Crippen LogP contribution < -0.4 is 0 Å². The Hall–Kier alpha value is -1.02. The van der Waals surface area contributed by atoms with E-state index in [1.54, 1.807) is 0 Å². The maximum absolute atomic E-state index is 12.3. The number of nitrogens with zero attached hydrogens (tertiary/aromatic N) is 2. The molecule has 7 nitrogen and oxygen atoms in total. The van der Waals surface area contributed by atoms with Gasteiger partial charge >= 0.3 is 5.97 Å². The van der Waals surface area contributed by atoms with Crippen LogP contribution in [-0.2, 0) is 23.8 Å². The quantitative estimate of drug-likeness (QED) is 0.0367. The average Bonchev–Trinajstić information content (AvgIpc) is 3.06. The Kier molecular flexibility index (Phi) is 37.0. The van der Waals surface area contributed by atoms with Gasteiger partial charge < -0.3 is 28.8 Å². The van der Waals surface area contributed by atoms with Gasteiger partial charge in [0.25, 0.3) is 0 Å². The van der Waals surface area contributed by atoms with Crippen LogP contribution in [0.5, 0.6) is 0 Å². The van der Waals surface area contributed by atoms with Crippen LogP contribution in [0, 0.1) is 5.92 Å². The summed E-state index contributed by atoms with van der Waals surface area (Å²) in [5, 5.41) is 0. The van der Waals surface area contributed by atoms with Crippen LogP contribution in [0.15, 0.2) is 0 Å². The monoisotopic (exact) mass is 669 g/mol. The van der Waals surface area contributed by atoms with E-state index in [0.29, 0.717) is 32.7 Å². The Labute approximate surface area is 292 Å². The predicted molar refractivity (Wildman–Crippen MR) is 199 cm³/mol. The number of ether oxygens (including phenoxy) is 3. The van der Waals surface area contributed by atoms with E-state index in [2.05, 4.69) is 37.7 Å². The van der Waals surface area contributed by atoms with E-state index >= 15 is 0 Å². The van der Waals surface area contributed by atoms with E-state index in [0.717, 1.165) is 83.7 Å². The minimum Gasteiger partial charge on any atom is -0.466 e. The van der Waals surface area contributed by atoms with Crippen LogP contribution in [0.25, 0.3) is 0 Å². The summed E-state index contributed by atoms with van der Waals surface area (Å²) >= 11 is 0. The van der Waals surface area contributed by atoms with Crippen molar-refractivity contribution in [2.24, 2.45) is 5.92 Å². The minimum atomic E-state index is -0.00660. The van der Waals surface area contributed by atoms with Crippen LogP contribution in [-0.4, -0.2) is 95.4 Å². The van der Waals surface area contributed by atoms with Crippen molar-refractivity contribution in [3.63, 3.8) is 0 Å². The van der Waals surface area contributed by atoms with E-state index in [1.807, 2.05) is 0 Å². The molecule has 280 valence electrons. The number of esters is 1. The van der Waals surface area contributed by atoms with E-state index in [-0.39, 0.29) is 5.97 Å². The molecule has 0 heterocycles. The maximum Gasteiger partial charge on any atom is 0.305 e. The molecule has 0 N–H and O–H groups in total. The summed E-state index contributed by atoms with van der Waals surface area (Å²) in [5.74, 6) is 0.801. The van der Waals surface area contributed by atoms with Crippen molar-refractivity contribution in [1.82, 2.24) is 9.80 Å². The molecule has 0 aromatic carbocycles. The number of carbonyl (C=O) groups is 2. The topological polar surface area (TPSA) is 68.3 Å². The third kappa shape index (κ3) is 36.1. The summed E-state index contributed by atoms with van der Waals surface area (Å²) in [6.07, 6.45) is 29.4. The molecule has 0 spiro atoms. The van der Waals surface area contributed by atoms with Crippen molar-refractivity contribution < 1.29 is 23.8 Å². The zero-order valence-corrected chi connectivity index (χ0v) is 31.9. The van der Waals surface area contributed by atoms with Gasteiger partial charge in [-0.3, -0.25) is 4.79 Å². The molecule has 7 heteroatoms. The second-order valence-electron chi connectivity index (χ2n) is 14.0. The Morgan fingerprint density at radius 3 is 1.64 bits per heavy atom. The SMILES string of the molecule is CCCCCCC(CCCCCC)CCCOC(=O)CCCCCCCN(CCCCCCCC=O)CCOCCOCCN(C)C. The lowest BCUT2D eigenvalue weighted by atomic mass is 9.91.